The van der Waals surface area contributed by atoms with E-state index in [1.54, 1.807) is 48.5 Å². The Morgan fingerprint density at radius 3 is 2.20 bits per heavy atom. The van der Waals surface area contributed by atoms with Gasteiger partial charge in [-0.1, -0.05) is 72.3 Å². The molecule has 0 aliphatic heterocycles. The van der Waals surface area contributed by atoms with Crippen LogP contribution in [0.15, 0.2) is 113 Å². The molecule has 2 amide bonds. The molecule has 10 heteroatoms. The van der Waals surface area contributed by atoms with E-state index in [-0.39, 0.29) is 29.5 Å². The standard InChI is InChI=1S/C36H41N3O5S2/c1-5-37-36(41)33(24-28-14-8-7-9-15-28)38(25-29-16-12-13-27(3)23-29)35(40)26-39(32-17-10-11-18-34(32)44-6-2)46(42,43)31-21-19-30(45-4)20-22-31/h7-23,33H,5-6,24-26H2,1-4H3,(H,37,41). The summed E-state index contributed by atoms with van der Waals surface area (Å²) >= 11 is 1.50. The summed E-state index contributed by atoms with van der Waals surface area (Å²) in [7, 11) is -4.25. The highest BCUT2D eigenvalue weighted by Gasteiger charge is 2.35. The van der Waals surface area contributed by atoms with E-state index in [4.69, 9.17) is 4.74 Å². The normalized spacial score (nSPS) is 11.8. The van der Waals surface area contributed by atoms with E-state index in [1.807, 2.05) is 81.6 Å². The highest BCUT2D eigenvalue weighted by Crippen LogP contribution is 2.33. The number of hydrogen-bond acceptors (Lipinski definition) is 6. The van der Waals surface area contributed by atoms with Gasteiger partial charge in [0.25, 0.3) is 10.0 Å². The van der Waals surface area contributed by atoms with Crippen LogP contribution in [0.3, 0.4) is 0 Å². The highest BCUT2D eigenvalue weighted by atomic mass is 32.2. The van der Waals surface area contributed by atoms with Crippen LogP contribution >= 0.6 is 11.8 Å². The third-order valence-corrected chi connectivity index (χ3v) is 9.94. The van der Waals surface area contributed by atoms with Gasteiger partial charge in [0.1, 0.15) is 18.3 Å². The smallest absolute Gasteiger partial charge is 0.264 e. The average molecular weight is 660 g/mol. The summed E-state index contributed by atoms with van der Waals surface area (Å²) in [5.74, 6) is -0.509. The topological polar surface area (TPSA) is 96.0 Å². The molecule has 1 atom stereocenters. The first-order valence-corrected chi connectivity index (χ1v) is 17.9. The molecule has 1 unspecified atom stereocenters. The predicted molar refractivity (Wildman–Crippen MR) is 185 cm³/mol. The molecule has 0 saturated heterocycles. The molecule has 242 valence electrons. The van der Waals surface area contributed by atoms with Crippen molar-refractivity contribution in [3.05, 3.63) is 120 Å². The Balaban J connectivity index is 1.83. The Hall–Kier alpha value is -4.28. The Morgan fingerprint density at radius 2 is 1.54 bits per heavy atom. The molecular formula is C36H41N3O5S2. The molecule has 46 heavy (non-hydrogen) atoms. The lowest BCUT2D eigenvalue weighted by Gasteiger charge is -2.34. The van der Waals surface area contributed by atoms with E-state index in [9.17, 15) is 18.0 Å². The van der Waals surface area contributed by atoms with Gasteiger partial charge in [-0.05, 0) is 74.6 Å². The van der Waals surface area contributed by atoms with Crippen molar-refractivity contribution >= 4 is 39.3 Å². The van der Waals surface area contributed by atoms with E-state index < -0.39 is 28.5 Å². The zero-order valence-corrected chi connectivity index (χ0v) is 28.3. The zero-order chi connectivity index (χ0) is 33.1. The molecule has 4 aromatic rings. The van der Waals surface area contributed by atoms with Crippen molar-refractivity contribution in [3.63, 3.8) is 0 Å². The maximum atomic E-state index is 14.6. The van der Waals surface area contributed by atoms with Gasteiger partial charge in [0.2, 0.25) is 11.8 Å². The predicted octanol–water partition coefficient (Wildman–Crippen LogP) is 6.09. The summed E-state index contributed by atoms with van der Waals surface area (Å²) in [5.41, 5.74) is 2.94. The molecule has 4 aromatic carbocycles. The minimum atomic E-state index is -4.25. The van der Waals surface area contributed by atoms with Crippen molar-refractivity contribution in [3.8, 4) is 5.75 Å². The van der Waals surface area contributed by atoms with Gasteiger partial charge in [-0.2, -0.15) is 0 Å². The number of carbonyl (C=O) groups is 2. The van der Waals surface area contributed by atoms with Crippen LogP contribution in [0.25, 0.3) is 0 Å². The van der Waals surface area contributed by atoms with Crippen molar-refractivity contribution in [2.24, 2.45) is 0 Å². The molecule has 0 spiro atoms. The molecule has 0 fully saturated rings. The third-order valence-electron chi connectivity index (χ3n) is 7.42. The Morgan fingerprint density at radius 1 is 0.870 bits per heavy atom. The molecule has 8 nitrogen and oxygen atoms in total. The number of amides is 2. The maximum absolute atomic E-state index is 14.6. The number of nitrogens with zero attached hydrogens (tertiary/aromatic N) is 2. The van der Waals surface area contributed by atoms with Crippen LogP contribution in [0.4, 0.5) is 5.69 Å². The summed E-state index contributed by atoms with van der Waals surface area (Å²) in [6.07, 6.45) is 2.17. The highest BCUT2D eigenvalue weighted by molar-refractivity contribution is 7.98. The molecule has 1 N–H and O–H groups in total. The number of likely N-dealkylation sites (N-methyl/N-ethyl adjacent to an activating group) is 1. The maximum Gasteiger partial charge on any atom is 0.264 e. The summed E-state index contributed by atoms with van der Waals surface area (Å²) in [6.45, 7) is 5.84. The number of sulfonamides is 1. The van der Waals surface area contributed by atoms with Crippen LogP contribution in [-0.2, 0) is 32.6 Å². The number of nitrogens with one attached hydrogen (secondary N) is 1. The van der Waals surface area contributed by atoms with E-state index in [1.165, 1.54) is 16.7 Å². The Bertz CT molecular complexity index is 1710. The van der Waals surface area contributed by atoms with Crippen LogP contribution in [0.2, 0.25) is 0 Å². The fourth-order valence-electron chi connectivity index (χ4n) is 5.18. The SMILES string of the molecule is CCNC(=O)C(Cc1ccccc1)N(Cc1cccc(C)c1)C(=O)CN(c1ccccc1OCC)S(=O)(=O)c1ccc(SC)cc1. The number of aryl methyl sites for hydroxylation is 1. The average Bonchev–Trinajstić information content (AvgIpc) is 3.06. The molecule has 0 saturated carbocycles. The summed E-state index contributed by atoms with van der Waals surface area (Å²) in [5, 5.41) is 2.89. The van der Waals surface area contributed by atoms with Crippen molar-refractivity contribution in [2.45, 2.75) is 49.6 Å². The van der Waals surface area contributed by atoms with Gasteiger partial charge in [-0.3, -0.25) is 13.9 Å². The van der Waals surface area contributed by atoms with E-state index in [0.29, 0.717) is 18.9 Å². The number of para-hydroxylation sites is 2. The number of carbonyl (C=O) groups excluding carboxylic acids is 2. The van der Waals surface area contributed by atoms with Gasteiger partial charge < -0.3 is 15.0 Å². The third kappa shape index (κ3) is 8.70. The lowest BCUT2D eigenvalue weighted by atomic mass is 10.0. The number of rotatable bonds is 15. The van der Waals surface area contributed by atoms with Crippen LogP contribution in [0, 0.1) is 6.92 Å². The van der Waals surface area contributed by atoms with E-state index in [2.05, 4.69) is 5.32 Å². The fraction of sp³-hybridized carbons (Fsp3) is 0.278. The molecule has 0 aliphatic rings. The number of benzene rings is 4. The van der Waals surface area contributed by atoms with Crippen LogP contribution in [-0.4, -0.2) is 57.1 Å². The first-order valence-electron chi connectivity index (χ1n) is 15.2. The van der Waals surface area contributed by atoms with Gasteiger partial charge in [0.05, 0.1) is 17.2 Å². The molecule has 0 bridgehead atoms. The van der Waals surface area contributed by atoms with Gasteiger partial charge in [0.15, 0.2) is 0 Å². The van der Waals surface area contributed by atoms with Gasteiger partial charge in [-0.25, -0.2) is 8.42 Å². The van der Waals surface area contributed by atoms with Crippen LogP contribution in [0.1, 0.15) is 30.5 Å². The molecule has 0 aliphatic carbocycles. The Labute approximate surface area is 276 Å². The van der Waals surface area contributed by atoms with Gasteiger partial charge >= 0.3 is 0 Å². The van der Waals surface area contributed by atoms with Crippen molar-refractivity contribution in [2.75, 3.05) is 30.3 Å². The fourth-order valence-corrected chi connectivity index (χ4v) is 7.02. The zero-order valence-electron chi connectivity index (χ0n) is 26.7. The van der Waals surface area contributed by atoms with Gasteiger partial charge in [-0.15, -0.1) is 11.8 Å². The second kappa shape index (κ2) is 16.3. The second-order valence-corrected chi connectivity index (χ2v) is 13.4. The summed E-state index contributed by atoms with van der Waals surface area (Å²) in [4.78, 5) is 30.7. The minimum Gasteiger partial charge on any atom is -0.492 e. The van der Waals surface area contributed by atoms with E-state index >= 15 is 0 Å². The monoisotopic (exact) mass is 659 g/mol. The number of hydrogen-bond donors (Lipinski definition) is 1. The molecule has 0 aromatic heterocycles. The summed E-state index contributed by atoms with van der Waals surface area (Å²) in [6, 6.07) is 29.6. The van der Waals surface area contributed by atoms with Crippen molar-refractivity contribution in [1.29, 1.82) is 0 Å². The minimum absolute atomic E-state index is 0.0409. The lowest BCUT2D eigenvalue weighted by molar-refractivity contribution is -0.140. The number of thioether (sulfide) groups is 1. The lowest BCUT2D eigenvalue weighted by Crippen LogP contribution is -2.53. The number of anilines is 1. The molecular weight excluding hydrogens is 619 g/mol. The Kier molecular flexibility index (Phi) is 12.3. The van der Waals surface area contributed by atoms with Gasteiger partial charge in [0, 0.05) is 24.4 Å². The second-order valence-electron chi connectivity index (χ2n) is 10.7. The summed E-state index contributed by atoms with van der Waals surface area (Å²) < 4.78 is 35.6. The quantitative estimate of drug-likeness (QED) is 0.155. The molecule has 0 heterocycles. The first-order chi connectivity index (χ1) is 22.2. The van der Waals surface area contributed by atoms with E-state index in [0.717, 1.165) is 25.9 Å². The first kappa shape index (κ1) is 34.6. The molecule has 4 rings (SSSR count). The largest absolute Gasteiger partial charge is 0.492 e. The van der Waals surface area contributed by atoms with Crippen LogP contribution in [0.5, 0.6) is 5.75 Å². The number of ether oxygens (including phenoxy) is 1. The van der Waals surface area contributed by atoms with Crippen molar-refractivity contribution < 1.29 is 22.7 Å². The van der Waals surface area contributed by atoms with Crippen molar-refractivity contribution in [1.82, 2.24) is 10.2 Å². The molecule has 0 radical (unpaired) electrons. The van der Waals surface area contributed by atoms with Crippen LogP contribution < -0.4 is 14.4 Å².